The van der Waals surface area contributed by atoms with E-state index in [1.807, 2.05) is 47.9 Å². The summed E-state index contributed by atoms with van der Waals surface area (Å²) >= 11 is 0. The van der Waals surface area contributed by atoms with Gasteiger partial charge in [-0.05, 0) is 6.92 Å². The van der Waals surface area contributed by atoms with Gasteiger partial charge in [-0.2, -0.15) is 5.10 Å². The van der Waals surface area contributed by atoms with Gasteiger partial charge in [-0.1, -0.05) is 27.7 Å². The van der Waals surface area contributed by atoms with Gasteiger partial charge in [-0.3, -0.25) is 4.68 Å². The fourth-order valence-electron chi connectivity index (χ4n) is 1.03. The number of hydrogen-bond donors (Lipinski definition) is 0. The van der Waals surface area contributed by atoms with Gasteiger partial charge in [0.25, 0.3) is 0 Å². The molecular weight excluding hydrogens is 188 g/mol. The molecule has 4 nitrogen and oxygen atoms in total. The Morgan fingerprint density at radius 3 is 2.27 bits per heavy atom. The molecule has 2 aromatic heterocycles. The minimum Gasteiger partial charge on any atom is -0.273 e. The van der Waals surface area contributed by atoms with E-state index in [0.717, 1.165) is 16.9 Å². The van der Waals surface area contributed by atoms with Gasteiger partial charge in [-0.25, -0.2) is 9.97 Å². The van der Waals surface area contributed by atoms with Crippen molar-refractivity contribution in [1.82, 2.24) is 19.7 Å². The third-order valence-electron chi connectivity index (χ3n) is 1.49. The van der Waals surface area contributed by atoms with E-state index in [1.54, 1.807) is 10.9 Å². The average Bonchev–Trinajstić information content (AvgIpc) is 2.63. The van der Waals surface area contributed by atoms with Crippen LogP contribution in [0.1, 0.15) is 33.5 Å². The maximum atomic E-state index is 4.20. The Kier molecular flexibility index (Phi) is 6.25. The fraction of sp³-hybridized carbons (Fsp3) is 0.545. The van der Waals surface area contributed by atoms with Crippen molar-refractivity contribution in [2.75, 3.05) is 0 Å². The quantitative estimate of drug-likeness (QED) is 0.668. The van der Waals surface area contributed by atoms with Gasteiger partial charge >= 0.3 is 0 Å². The van der Waals surface area contributed by atoms with Gasteiger partial charge in [0.2, 0.25) is 0 Å². The summed E-state index contributed by atoms with van der Waals surface area (Å²) in [5.74, 6) is 0.783. The third-order valence-corrected chi connectivity index (χ3v) is 1.49. The van der Waals surface area contributed by atoms with Crippen molar-refractivity contribution in [3.8, 4) is 0 Å². The highest BCUT2D eigenvalue weighted by atomic mass is 15.3. The second-order valence-corrected chi connectivity index (χ2v) is 2.49. The summed E-state index contributed by atoms with van der Waals surface area (Å²) in [5, 5.41) is 4.15. The highest BCUT2D eigenvalue weighted by Crippen LogP contribution is 2.05. The Morgan fingerprint density at radius 2 is 1.67 bits per heavy atom. The normalized spacial score (nSPS) is 8.67. The van der Waals surface area contributed by atoms with Crippen LogP contribution >= 0.6 is 0 Å². The van der Waals surface area contributed by atoms with Crippen LogP contribution in [0.5, 0.6) is 0 Å². The first-order valence-corrected chi connectivity index (χ1v) is 5.39. The van der Waals surface area contributed by atoms with Gasteiger partial charge in [0.1, 0.15) is 16.9 Å². The molecule has 2 heterocycles. The second kappa shape index (κ2) is 6.92. The first-order valence-electron chi connectivity index (χ1n) is 5.39. The summed E-state index contributed by atoms with van der Waals surface area (Å²) in [7, 11) is 1.87. The number of fused-ring (bicyclic) bond motifs is 1. The maximum absolute atomic E-state index is 4.20. The number of rotatable bonds is 0. The SMILES string of the molecule is CC.CC.Cc1ncc2nn(C)cc2n1. The molecule has 0 fully saturated rings. The highest BCUT2D eigenvalue weighted by molar-refractivity contribution is 5.71. The second-order valence-electron chi connectivity index (χ2n) is 2.49. The Hall–Kier alpha value is -1.45. The molecule has 4 heteroatoms. The molecule has 0 N–H and O–H groups in total. The van der Waals surface area contributed by atoms with Crippen molar-refractivity contribution in [2.24, 2.45) is 7.05 Å². The summed E-state index contributed by atoms with van der Waals surface area (Å²) in [6, 6.07) is 0. The highest BCUT2D eigenvalue weighted by Gasteiger charge is 1.98. The molecule has 0 aliphatic rings. The Labute approximate surface area is 91.4 Å². The molecule has 2 aromatic rings. The topological polar surface area (TPSA) is 43.6 Å². The number of hydrogen-bond acceptors (Lipinski definition) is 3. The molecule has 0 aromatic carbocycles. The summed E-state index contributed by atoms with van der Waals surface area (Å²) in [4.78, 5) is 8.24. The molecule has 0 atom stereocenters. The zero-order valence-electron chi connectivity index (χ0n) is 10.4. The summed E-state index contributed by atoms with van der Waals surface area (Å²) in [6.45, 7) is 9.87. The van der Waals surface area contributed by atoms with Crippen molar-refractivity contribution >= 4 is 11.0 Å². The molecule has 0 saturated heterocycles. The summed E-state index contributed by atoms with van der Waals surface area (Å²) in [5.41, 5.74) is 1.75. The van der Waals surface area contributed by atoms with E-state index in [0.29, 0.717) is 0 Å². The van der Waals surface area contributed by atoms with Gasteiger partial charge in [0.15, 0.2) is 0 Å². The van der Waals surface area contributed by atoms with Crippen LogP contribution in [-0.4, -0.2) is 19.7 Å². The molecule has 0 spiro atoms. The van der Waals surface area contributed by atoms with E-state index in [2.05, 4.69) is 15.1 Å². The number of nitrogens with zero attached hydrogens (tertiary/aromatic N) is 4. The van der Waals surface area contributed by atoms with Crippen molar-refractivity contribution in [3.05, 3.63) is 18.2 Å². The van der Waals surface area contributed by atoms with Crippen LogP contribution in [0.3, 0.4) is 0 Å². The van der Waals surface area contributed by atoms with Crippen LogP contribution in [-0.2, 0) is 7.05 Å². The minimum atomic E-state index is 0.783. The molecule has 0 radical (unpaired) electrons. The number of aromatic nitrogens is 4. The zero-order valence-corrected chi connectivity index (χ0v) is 10.4. The maximum Gasteiger partial charge on any atom is 0.129 e. The molecule has 0 aliphatic carbocycles. The van der Waals surface area contributed by atoms with Crippen LogP contribution in [0.2, 0.25) is 0 Å². The standard InChI is InChI=1S/C7H8N4.2C2H6/c1-5-8-3-6-7(9-5)4-11(2)10-6;2*1-2/h3-4H,1-2H3;2*1-2H3. The summed E-state index contributed by atoms with van der Waals surface area (Å²) < 4.78 is 1.73. The Bertz CT molecular complexity index is 392. The van der Waals surface area contributed by atoms with Crippen LogP contribution in [0.4, 0.5) is 0 Å². The molecule has 2 rings (SSSR count). The van der Waals surface area contributed by atoms with E-state index in [1.165, 1.54) is 0 Å². The van der Waals surface area contributed by atoms with Crippen LogP contribution < -0.4 is 0 Å². The Morgan fingerprint density at radius 1 is 1.07 bits per heavy atom. The van der Waals surface area contributed by atoms with Gasteiger partial charge < -0.3 is 0 Å². The molecule has 0 unspecified atom stereocenters. The molecule has 0 bridgehead atoms. The van der Waals surface area contributed by atoms with E-state index < -0.39 is 0 Å². The zero-order chi connectivity index (χ0) is 11.8. The van der Waals surface area contributed by atoms with E-state index in [4.69, 9.17) is 0 Å². The average molecular weight is 208 g/mol. The van der Waals surface area contributed by atoms with Crippen molar-refractivity contribution < 1.29 is 0 Å². The lowest BCUT2D eigenvalue weighted by Crippen LogP contribution is -1.85. The van der Waals surface area contributed by atoms with E-state index >= 15 is 0 Å². The minimum absolute atomic E-state index is 0.783. The molecule has 0 aliphatic heterocycles. The largest absolute Gasteiger partial charge is 0.273 e. The molecule has 84 valence electrons. The fourth-order valence-corrected chi connectivity index (χ4v) is 1.03. The lowest BCUT2D eigenvalue weighted by molar-refractivity contribution is 0.779. The van der Waals surface area contributed by atoms with E-state index in [-0.39, 0.29) is 0 Å². The van der Waals surface area contributed by atoms with Gasteiger partial charge in [0.05, 0.1) is 12.4 Å². The molecule has 15 heavy (non-hydrogen) atoms. The summed E-state index contributed by atoms with van der Waals surface area (Å²) in [6.07, 6.45) is 3.61. The van der Waals surface area contributed by atoms with Crippen molar-refractivity contribution in [2.45, 2.75) is 34.6 Å². The Balaban J connectivity index is 0.000000442. The first-order chi connectivity index (χ1) is 7.25. The van der Waals surface area contributed by atoms with Crippen LogP contribution in [0.15, 0.2) is 12.4 Å². The molecular formula is C11H20N4. The lowest BCUT2D eigenvalue weighted by atomic mass is 10.5. The van der Waals surface area contributed by atoms with Crippen molar-refractivity contribution in [3.63, 3.8) is 0 Å². The van der Waals surface area contributed by atoms with Crippen LogP contribution in [0.25, 0.3) is 11.0 Å². The first kappa shape index (κ1) is 13.5. The smallest absolute Gasteiger partial charge is 0.129 e. The molecule has 0 amide bonds. The van der Waals surface area contributed by atoms with Gasteiger partial charge in [-0.15, -0.1) is 0 Å². The van der Waals surface area contributed by atoms with E-state index in [9.17, 15) is 0 Å². The van der Waals surface area contributed by atoms with Crippen LogP contribution in [0, 0.1) is 6.92 Å². The molecule has 0 saturated carbocycles. The van der Waals surface area contributed by atoms with Gasteiger partial charge in [0, 0.05) is 7.05 Å². The third kappa shape index (κ3) is 3.65. The monoisotopic (exact) mass is 208 g/mol. The predicted octanol–water partition coefficient (Wildman–Crippen LogP) is 2.72. The predicted molar refractivity (Wildman–Crippen MR) is 63.7 cm³/mol. The number of aryl methyl sites for hydroxylation is 2. The lowest BCUT2D eigenvalue weighted by Gasteiger charge is -1.87. The van der Waals surface area contributed by atoms with Crippen molar-refractivity contribution in [1.29, 1.82) is 0 Å².